The molecule has 2 unspecified atom stereocenters. The van der Waals surface area contributed by atoms with Crippen LogP contribution in [0, 0.1) is 0 Å². The molecule has 2 aliphatic rings. The summed E-state index contributed by atoms with van der Waals surface area (Å²) in [7, 11) is 0. The van der Waals surface area contributed by atoms with Gasteiger partial charge in [-0.05, 0) is 51.1 Å². The maximum absolute atomic E-state index is 10.5. The van der Waals surface area contributed by atoms with E-state index in [2.05, 4.69) is 4.90 Å². The third kappa shape index (κ3) is 3.16. The molecule has 2 aliphatic heterocycles. The number of hydrogen-bond donors (Lipinski definition) is 1. The highest BCUT2D eigenvalue weighted by atomic mass is 16.5. The molecule has 0 radical (unpaired) electrons. The summed E-state index contributed by atoms with van der Waals surface area (Å²) in [5, 5.41) is 10.5. The van der Waals surface area contributed by atoms with Crippen molar-refractivity contribution in [1.82, 2.24) is 4.90 Å². The number of aliphatic hydroxyl groups is 1. The number of fused-ring (bicyclic) bond motifs is 1. The topological polar surface area (TPSA) is 41.9 Å². The summed E-state index contributed by atoms with van der Waals surface area (Å²) in [6, 6.07) is 5.99. The van der Waals surface area contributed by atoms with E-state index < -0.39 is 6.10 Å². The molecule has 0 aromatic heterocycles. The molecule has 4 nitrogen and oxygen atoms in total. The summed E-state index contributed by atoms with van der Waals surface area (Å²) < 4.78 is 11.3. The normalized spacial score (nSPS) is 26.6. The maximum Gasteiger partial charge on any atom is 0.124 e. The average Bonchev–Trinajstić information content (AvgIpc) is 2.76. The number of ether oxygens (including phenoxy) is 2. The van der Waals surface area contributed by atoms with Crippen molar-refractivity contribution >= 4 is 0 Å². The fraction of sp³-hybridized carbons (Fsp3) is 0.647. The van der Waals surface area contributed by atoms with Crippen LogP contribution in [0.15, 0.2) is 18.2 Å². The minimum absolute atomic E-state index is 0.0345. The van der Waals surface area contributed by atoms with Crippen molar-refractivity contribution in [3.8, 4) is 11.5 Å². The molecule has 0 aliphatic carbocycles. The first kappa shape index (κ1) is 14.7. The van der Waals surface area contributed by atoms with Gasteiger partial charge in [0.15, 0.2) is 0 Å². The van der Waals surface area contributed by atoms with E-state index in [1.807, 2.05) is 25.1 Å². The Kier molecular flexibility index (Phi) is 4.66. The summed E-state index contributed by atoms with van der Waals surface area (Å²) in [4.78, 5) is 2.43. The van der Waals surface area contributed by atoms with Gasteiger partial charge in [-0.25, -0.2) is 0 Å². The molecule has 3 rings (SSSR count). The zero-order valence-electron chi connectivity index (χ0n) is 12.8. The quantitative estimate of drug-likeness (QED) is 0.930. The number of aliphatic hydroxyl groups excluding tert-OH is 1. The standard InChI is InChI=1S/C17H25NO3/c1-2-20-13-7-8-16-14(11-13)17(15(19)12-21-16)18-9-5-3-4-6-10-18/h7-8,11,15,17,19H,2-6,9-10,12H2,1H3. The van der Waals surface area contributed by atoms with Gasteiger partial charge in [0.1, 0.15) is 24.2 Å². The van der Waals surface area contributed by atoms with Gasteiger partial charge >= 0.3 is 0 Å². The van der Waals surface area contributed by atoms with Crippen molar-refractivity contribution in [2.24, 2.45) is 0 Å². The molecular formula is C17H25NO3. The number of likely N-dealkylation sites (tertiary alicyclic amines) is 1. The summed E-state index contributed by atoms with van der Waals surface area (Å²) in [5.74, 6) is 1.74. The second kappa shape index (κ2) is 6.67. The first-order valence-electron chi connectivity index (χ1n) is 8.11. The molecule has 1 N–H and O–H groups in total. The second-order valence-electron chi connectivity index (χ2n) is 5.91. The van der Waals surface area contributed by atoms with Crippen LogP contribution in [0.25, 0.3) is 0 Å². The summed E-state index contributed by atoms with van der Waals surface area (Å²) >= 11 is 0. The first-order valence-corrected chi connectivity index (χ1v) is 8.11. The number of hydrogen-bond acceptors (Lipinski definition) is 4. The predicted octanol–water partition coefficient (Wildman–Crippen LogP) is 2.76. The zero-order chi connectivity index (χ0) is 14.7. The highest BCUT2D eigenvalue weighted by Gasteiger charge is 2.34. The van der Waals surface area contributed by atoms with Gasteiger partial charge in [0.2, 0.25) is 0 Å². The van der Waals surface area contributed by atoms with Gasteiger partial charge in [-0.2, -0.15) is 0 Å². The maximum atomic E-state index is 10.5. The monoisotopic (exact) mass is 291 g/mol. The Balaban J connectivity index is 1.90. The van der Waals surface area contributed by atoms with E-state index in [0.717, 1.165) is 30.2 Å². The largest absolute Gasteiger partial charge is 0.494 e. The van der Waals surface area contributed by atoms with Crippen molar-refractivity contribution in [3.05, 3.63) is 23.8 Å². The van der Waals surface area contributed by atoms with E-state index >= 15 is 0 Å². The highest BCUT2D eigenvalue weighted by Crippen LogP contribution is 2.39. The van der Waals surface area contributed by atoms with Crippen LogP contribution in [-0.2, 0) is 0 Å². The minimum Gasteiger partial charge on any atom is -0.494 e. The van der Waals surface area contributed by atoms with Gasteiger partial charge in [0.25, 0.3) is 0 Å². The van der Waals surface area contributed by atoms with Crippen molar-refractivity contribution in [2.45, 2.75) is 44.8 Å². The van der Waals surface area contributed by atoms with Crippen LogP contribution in [0.4, 0.5) is 0 Å². The van der Waals surface area contributed by atoms with E-state index in [-0.39, 0.29) is 6.04 Å². The molecule has 1 aromatic carbocycles. The van der Waals surface area contributed by atoms with Crippen molar-refractivity contribution in [2.75, 3.05) is 26.3 Å². The van der Waals surface area contributed by atoms with Crippen LogP contribution < -0.4 is 9.47 Å². The highest BCUT2D eigenvalue weighted by molar-refractivity contribution is 5.44. The number of benzene rings is 1. The molecule has 1 fully saturated rings. The fourth-order valence-corrected chi connectivity index (χ4v) is 3.43. The average molecular weight is 291 g/mol. The van der Waals surface area contributed by atoms with Crippen LogP contribution in [0.3, 0.4) is 0 Å². The van der Waals surface area contributed by atoms with E-state index in [0.29, 0.717) is 13.2 Å². The summed E-state index contributed by atoms with van der Waals surface area (Å²) in [5.41, 5.74) is 1.07. The molecule has 2 atom stereocenters. The number of nitrogens with zero attached hydrogens (tertiary/aromatic N) is 1. The SMILES string of the molecule is CCOc1ccc2c(c1)C(N1CCCCCC1)C(O)CO2. The van der Waals surface area contributed by atoms with E-state index in [9.17, 15) is 5.11 Å². The van der Waals surface area contributed by atoms with Gasteiger partial charge in [0.05, 0.1) is 12.6 Å². The smallest absolute Gasteiger partial charge is 0.124 e. The Hall–Kier alpha value is -1.26. The van der Waals surface area contributed by atoms with Gasteiger partial charge in [0, 0.05) is 5.56 Å². The van der Waals surface area contributed by atoms with Crippen LogP contribution >= 0.6 is 0 Å². The molecule has 2 heterocycles. The molecule has 0 bridgehead atoms. The van der Waals surface area contributed by atoms with Crippen LogP contribution in [0.1, 0.15) is 44.2 Å². The van der Waals surface area contributed by atoms with Gasteiger partial charge in [-0.3, -0.25) is 4.90 Å². The lowest BCUT2D eigenvalue weighted by Gasteiger charge is -2.38. The van der Waals surface area contributed by atoms with Gasteiger partial charge in [-0.15, -0.1) is 0 Å². The zero-order valence-corrected chi connectivity index (χ0v) is 12.8. The predicted molar refractivity (Wildman–Crippen MR) is 81.9 cm³/mol. The summed E-state index contributed by atoms with van der Waals surface area (Å²) in [6.07, 6.45) is 4.55. The molecular weight excluding hydrogens is 266 g/mol. The molecule has 1 aromatic rings. The van der Waals surface area contributed by atoms with Gasteiger partial charge < -0.3 is 14.6 Å². The van der Waals surface area contributed by atoms with Crippen LogP contribution in [0.5, 0.6) is 11.5 Å². The Morgan fingerprint density at radius 2 is 2.00 bits per heavy atom. The molecule has 4 heteroatoms. The molecule has 0 saturated carbocycles. The first-order chi connectivity index (χ1) is 10.3. The van der Waals surface area contributed by atoms with Crippen molar-refractivity contribution < 1.29 is 14.6 Å². The Morgan fingerprint density at radius 1 is 1.24 bits per heavy atom. The third-order valence-electron chi connectivity index (χ3n) is 4.42. The van der Waals surface area contributed by atoms with Crippen LogP contribution in [0.2, 0.25) is 0 Å². The Morgan fingerprint density at radius 3 is 2.71 bits per heavy atom. The third-order valence-corrected chi connectivity index (χ3v) is 4.42. The van der Waals surface area contributed by atoms with Crippen molar-refractivity contribution in [1.29, 1.82) is 0 Å². The molecule has 0 amide bonds. The second-order valence-corrected chi connectivity index (χ2v) is 5.91. The van der Waals surface area contributed by atoms with Gasteiger partial charge in [-0.1, -0.05) is 12.8 Å². The lowest BCUT2D eigenvalue weighted by molar-refractivity contribution is 0.000947. The fourth-order valence-electron chi connectivity index (χ4n) is 3.43. The van der Waals surface area contributed by atoms with Crippen molar-refractivity contribution in [3.63, 3.8) is 0 Å². The Bertz CT molecular complexity index is 469. The minimum atomic E-state index is -0.465. The van der Waals surface area contributed by atoms with E-state index in [4.69, 9.17) is 9.47 Å². The molecule has 0 spiro atoms. The summed E-state index contributed by atoms with van der Waals surface area (Å²) in [6.45, 7) is 5.12. The van der Waals surface area contributed by atoms with Crippen LogP contribution in [-0.4, -0.2) is 42.4 Å². The lowest BCUT2D eigenvalue weighted by Crippen LogP contribution is -2.42. The molecule has 21 heavy (non-hydrogen) atoms. The van der Waals surface area contributed by atoms with E-state index in [1.165, 1.54) is 25.7 Å². The molecule has 1 saturated heterocycles. The Labute approximate surface area is 126 Å². The molecule has 116 valence electrons. The number of rotatable bonds is 3. The lowest BCUT2D eigenvalue weighted by atomic mass is 9.96. The van der Waals surface area contributed by atoms with E-state index in [1.54, 1.807) is 0 Å².